The smallest absolute Gasteiger partial charge is 0.165 e. The number of halogens is 1. The Morgan fingerprint density at radius 2 is 2.10 bits per heavy atom. The summed E-state index contributed by atoms with van der Waals surface area (Å²) >= 11 is 7.20. The largest absolute Gasteiger partial charge is 0.494 e. The Morgan fingerprint density at radius 1 is 1.30 bits per heavy atom. The fraction of sp³-hybridized carbons (Fsp3) is 0.562. The van der Waals surface area contributed by atoms with Gasteiger partial charge in [0.25, 0.3) is 0 Å². The highest BCUT2D eigenvalue weighted by Crippen LogP contribution is 2.27. The van der Waals surface area contributed by atoms with E-state index in [1.54, 1.807) is 11.8 Å². The van der Waals surface area contributed by atoms with E-state index >= 15 is 0 Å². The maximum Gasteiger partial charge on any atom is 0.165 e. The molecule has 0 aromatic heterocycles. The first kappa shape index (κ1) is 17.4. The third-order valence-electron chi connectivity index (χ3n) is 3.06. The minimum absolute atomic E-state index is 0.0962. The van der Waals surface area contributed by atoms with Crippen molar-refractivity contribution in [3.63, 3.8) is 0 Å². The van der Waals surface area contributed by atoms with Gasteiger partial charge in [0.2, 0.25) is 0 Å². The molecule has 0 fully saturated rings. The molecule has 0 aliphatic carbocycles. The van der Waals surface area contributed by atoms with E-state index in [1.807, 2.05) is 24.5 Å². The summed E-state index contributed by atoms with van der Waals surface area (Å²) in [6.07, 6.45) is 7.12. The van der Waals surface area contributed by atoms with E-state index < -0.39 is 0 Å². The Hall–Kier alpha value is -0.670. The number of ether oxygens (including phenoxy) is 1. The molecule has 0 N–H and O–H groups in total. The number of benzene rings is 1. The molecule has 112 valence electrons. The van der Waals surface area contributed by atoms with Gasteiger partial charge in [0.1, 0.15) is 5.75 Å². The molecule has 2 nitrogen and oxygen atoms in total. The Bertz CT molecular complexity index is 421. The Labute approximate surface area is 131 Å². The molecule has 0 radical (unpaired) electrons. The van der Waals surface area contributed by atoms with Gasteiger partial charge in [-0.3, -0.25) is 4.79 Å². The van der Waals surface area contributed by atoms with Gasteiger partial charge in [0.05, 0.1) is 6.61 Å². The molecule has 1 aromatic rings. The fourth-order valence-corrected chi connectivity index (χ4v) is 2.74. The van der Waals surface area contributed by atoms with E-state index in [1.165, 1.54) is 19.3 Å². The zero-order valence-corrected chi connectivity index (χ0v) is 13.9. The van der Waals surface area contributed by atoms with Crippen LogP contribution in [0.1, 0.15) is 49.4 Å². The lowest BCUT2D eigenvalue weighted by Crippen LogP contribution is -2.03. The Kier molecular flexibility index (Phi) is 8.79. The standard InChI is InChI=1S/C16H23ClO2S/c1-3-4-5-6-11-19-13-7-8-14(15(18)9-10-17)16(12-13)20-2/h7-8,12H,3-6,9-11H2,1-2H3. The number of carbonyl (C=O) groups is 1. The molecule has 1 rings (SSSR count). The monoisotopic (exact) mass is 314 g/mol. The van der Waals surface area contributed by atoms with Crippen LogP contribution >= 0.6 is 23.4 Å². The number of ketones is 1. The lowest BCUT2D eigenvalue weighted by Gasteiger charge is -2.10. The predicted octanol–water partition coefficient (Wildman–Crippen LogP) is 5.18. The molecule has 0 atom stereocenters. The summed E-state index contributed by atoms with van der Waals surface area (Å²) in [5.41, 5.74) is 0.747. The molecular formula is C16H23ClO2S. The van der Waals surface area contributed by atoms with Gasteiger partial charge in [-0.2, -0.15) is 0 Å². The van der Waals surface area contributed by atoms with Crippen LogP contribution in [-0.4, -0.2) is 24.5 Å². The summed E-state index contributed by atoms with van der Waals surface area (Å²) in [6, 6.07) is 5.68. The van der Waals surface area contributed by atoms with E-state index in [2.05, 4.69) is 6.92 Å². The van der Waals surface area contributed by atoms with Crippen LogP contribution in [0.4, 0.5) is 0 Å². The van der Waals surface area contributed by atoms with Crippen molar-refractivity contribution in [1.29, 1.82) is 0 Å². The highest BCUT2D eigenvalue weighted by molar-refractivity contribution is 7.98. The van der Waals surface area contributed by atoms with Crippen LogP contribution in [0.3, 0.4) is 0 Å². The molecule has 0 unspecified atom stereocenters. The van der Waals surface area contributed by atoms with E-state index in [-0.39, 0.29) is 5.78 Å². The number of thioether (sulfide) groups is 1. The summed E-state index contributed by atoms with van der Waals surface area (Å²) in [5.74, 6) is 1.30. The minimum Gasteiger partial charge on any atom is -0.494 e. The highest BCUT2D eigenvalue weighted by Gasteiger charge is 2.11. The molecule has 1 aromatic carbocycles. The topological polar surface area (TPSA) is 26.3 Å². The van der Waals surface area contributed by atoms with E-state index in [9.17, 15) is 4.79 Å². The molecule has 0 saturated heterocycles. The molecule has 0 saturated carbocycles. The van der Waals surface area contributed by atoms with Gasteiger partial charge in [-0.05, 0) is 30.9 Å². The second-order valence-electron chi connectivity index (χ2n) is 4.63. The summed E-state index contributed by atoms with van der Waals surface area (Å²) in [4.78, 5) is 12.9. The van der Waals surface area contributed by atoms with Crippen molar-refractivity contribution >= 4 is 29.1 Å². The number of hydrogen-bond acceptors (Lipinski definition) is 3. The first-order valence-corrected chi connectivity index (χ1v) is 8.88. The van der Waals surface area contributed by atoms with Crippen molar-refractivity contribution < 1.29 is 9.53 Å². The lowest BCUT2D eigenvalue weighted by atomic mass is 10.1. The van der Waals surface area contributed by atoms with Crippen molar-refractivity contribution in [1.82, 2.24) is 0 Å². The third-order valence-corrected chi connectivity index (χ3v) is 4.03. The summed E-state index contributed by atoms with van der Waals surface area (Å²) in [7, 11) is 0. The van der Waals surface area contributed by atoms with E-state index in [0.29, 0.717) is 12.3 Å². The normalized spacial score (nSPS) is 10.6. The van der Waals surface area contributed by atoms with Gasteiger partial charge in [0.15, 0.2) is 5.78 Å². The van der Waals surface area contributed by atoms with Crippen LogP contribution in [0.5, 0.6) is 5.75 Å². The van der Waals surface area contributed by atoms with Crippen LogP contribution < -0.4 is 4.74 Å². The van der Waals surface area contributed by atoms with Crippen LogP contribution in [0, 0.1) is 0 Å². The number of carbonyl (C=O) groups excluding carboxylic acids is 1. The van der Waals surface area contributed by atoms with Crippen LogP contribution in [0.2, 0.25) is 0 Å². The van der Waals surface area contributed by atoms with Gasteiger partial charge in [-0.15, -0.1) is 23.4 Å². The number of Topliss-reactive ketones (excluding diaryl/α,β-unsaturated/α-hetero) is 1. The van der Waals surface area contributed by atoms with Crippen molar-refractivity contribution in [2.75, 3.05) is 18.7 Å². The van der Waals surface area contributed by atoms with Gasteiger partial charge in [-0.25, -0.2) is 0 Å². The quantitative estimate of drug-likeness (QED) is 0.258. The Balaban J connectivity index is 2.60. The first-order chi connectivity index (χ1) is 9.72. The molecular weight excluding hydrogens is 292 g/mol. The average molecular weight is 315 g/mol. The second kappa shape index (κ2) is 10.1. The van der Waals surface area contributed by atoms with Crippen LogP contribution in [-0.2, 0) is 0 Å². The van der Waals surface area contributed by atoms with Gasteiger partial charge in [0, 0.05) is 22.8 Å². The van der Waals surface area contributed by atoms with Crippen molar-refractivity contribution in [2.24, 2.45) is 0 Å². The third kappa shape index (κ3) is 5.76. The number of rotatable bonds is 10. The van der Waals surface area contributed by atoms with Gasteiger partial charge >= 0.3 is 0 Å². The van der Waals surface area contributed by atoms with Crippen LogP contribution in [0.25, 0.3) is 0 Å². The fourth-order valence-electron chi connectivity index (χ4n) is 1.93. The molecule has 20 heavy (non-hydrogen) atoms. The van der Waals surface area contributed by atoms with Crippen molar-refractivity contribution in [3.05, 3.63) is 23.8 Å². The molecule has 0 heterocycles. The zero-order chi connectivity index (χ0) is 14.8. The zero-order valence-electron chi connectivity index (χ0n) is 12.3. The maximum atomic E-state index is 11.9. The van der Waals surface area contributed by atoms with E-state index in [4.69, 9.17) is 16.3 Å². The lowest BCUT2D eigenvalue weighted by molar-refractivity contribution is 0.0986. The SMILES string of the molecule is CCCCCCOc1ccc(C(=O)CCCl)c(SC)c1. The summed E-state index contributed by atoms with van der Waals surface area (Å²) in [6.45, 7) is 2.94. The molecule has 0 amide bonds. The number of alkyl halides is 1. The molecule has 0 aliphatic heterocycles. The maximum absolute atomic E-state index is 11.9. The minimum atomic E-state index is 0.0962. The molecule has 4 heteroatoms. The van der Waals surface area contributed by atoms with Crippen molar-refractivity contribution in [3.8, 4) is 5.75 Å². The first-order valence-electron chi connectivity index (χ1n) is 7.13. The number of hydrogen-bond donors (Lipinski definition) is 0. The summed E-state index contributed by atoms with van der Waals surface area (Å²) < 4.78 is 5.74. The molecule has 0 bridgehead atoms. The second-order valence-corrected chi connectivity index (χ2v) is 5.86. The molecule has 0 spiro atoms. The van der Waals surface area contributed by atoms with Gasteiger partial charge in [-0.1, -0.05) is 26.2 Å². The predicted molar refractivity (Wildman–Crippen MR) is 87.5 cm³/mol. The highest BCUT2D eigenvalue weighted by atomic mass is 35.5. The van der Waals surface area contributed by atoms with E-state index in [0.717, 1.165) is 29.2 Å². The van der Waals surface area contributed by atoms with Crippen LogP contribution in [0.15, 0.2) is 23.1 Å². The summed E-state index contributed by atoms with van der Waals surface area (Å²) in [5, 5.41) is 0. The number of unbranched alkanes of at least 4 members (excludes halogenated alkanes) is 3. The molecule has 0 aliphatic rings. The van der Waals surface area contributed by atoms with Crippen molar-refractivity contribution in [2.45, 2.75) is 43.9 Å². The van der Waals surface area contributed by atoms with Gasteiger partial charge < -0.3 is 4.74 Å². The average Bonchev–Trinajstić information content (AvgIpc) is 2.47. The Morgan fingerprint density at radius 3 is 2.75 bits per heavy atom.